The molecule has 0 bridgehead atoms. The lowest BCUT2D eigenvalue weighted by molar-refractivity contribution is -0.114. The number of rotatable bonds is 12. The molecular weight excluding hydrogens is 637 g/mol. The minimum atomic E-state index is -0.591. The summed E-state index contributed by atoms with van der Waals surface area (Å²) < 4.78 is 16.3. The van der Waals surface area contributed by atoms with Gasteiger partial charge >= 0.3 is 0 Å². The molecule has 0 fully saturated rings. The van der Waals surface area contributed by atoms with E-state index in [0.29, 0.717) is 44.8 Å². The average Bonchev–Trinajstić information content (AvgIpc) is 3.05. The second-order valence-electron chi connectivity index (χ2n) is 9.25. The van der Waals surface area contributed by atoms with E-state index in [1.165, 1.54) is 39.2 Å². The lowest BCUT2D eigenvalue weighted by Gasteiger charge is -2.15. The van der Waals surface area contributed by atoms with Crippen molar-refractivity contribution in [1.82, 2.24) is 5.32 Å². The fourth-order valence-corrected chi connectivity index (χ4v) is 5.16. The number of ether oxygens (including phenoxy) is 3. The Bertz CT molecular complexity index is 1730. The van der Waals surface area contributed by atoms with E-state index in [1.54, 1.807) is 78.9 Å². The average molecular weight is 667 g/mol. The van der Waals surface area contributed by atoms with E-state index in [9.17, 15) is 14.4 Å². The van der Waals surface area contributed by atoms with Gasteiger partial charge in [-0.3, -0.25) is 14.4 Å². The minimum Gasteiger partial charge on any atom is -0.496 e. The smallest absolute Gasteiger partial charge is 0.272 e. The summed E-state index contributed by atoms with van der Waals surface area (Å²) in [6.45, 7) is 0. The molecule has 3 N–H and O–H groups in total. The summed E-state index contributed by atoms with van der Waals surface area (Å²) in [4.78, 5) is 40.0. The SMILES string of the molecule is COc1cc(OC)c(OC)cc1/C=C(/NC(=O)c1ccccc1)C(=O)Nc1cccc(SCC(=O)Nc2cccc(Cl)c2Cl)c1. The van der Waals surface area contributed by atoms with Crippen LogP contribution in [0.2, 0.25) is 10.0 Å². The second kappa shape index (κ2) is 15.9. The van der Waals surface area contributed by atoms with Gasteiger partial charge in [-0.1, -0.05) is 53.5 Å². The maximum atomic E-state index is 13.6. The Hall–Kier alpha value is -4.64. The fraction of sp³-hybridized carbons (Fsp3) is 0.121. The van der Waals surface area contributed by atoms with Crippen LogP contribution >= 0.6 is 35.0 Å². The van der Waals surface area contributed by atoms with Gasteiger partial charge in [0.2, 0.25) is 5.91 Å². The first kappa shape index (κ1) is 33.3. The van der Waals surface area contributed by atoms with Crippen molar-refractivity contribution in [2.45, 2.75) is 4.90 Å². The largest absolute Gasteiger partial charge is 0.496 e. The number of hydrogen-bond acceptors (Lipinski definition) is 7. The first-order chi connectivity index (χ1) is 21.7. The second-order valence-corrected chi connectivity index (χ2v) is 11.1. The Morgan fingerprint density at radius 2 is 1.47 bits per heavy atom. The Morgan fingerprint density at radius 3 is 2.18 bits per heavy atom. The summed E-state index contributed by atoms with van der Waals surface area (Å²) in [7, 11) is 4.47. The van der Waals surface area contributed by atoms with E-state index in [0.717, 1.165) is 4.90 Å². The fourth-order valence-electron chi connectivity index (χ4n) is 4.06. The zero-order valence-corrected chi connectivity index (χ0v) is 26.8. The Morgan fingerprint density at radius 1 is 0.778 bits per heavy atom. The van der Waals surface area contributed by atoms with E-state index in [4.69, 9.17) is 37.4 Å². The molecular formula is C33H29Cl2N3O6S. The van der Waals surface area contributed by atoms with Crippen LogP contribution in [-0.4, -0.2) is 44.8 Å². The van der Waals surface area contributed by atoms with E-state index < -0.39 is 11.8 Å². The number of methoxy groups -OCH3 is 3. The predicted octanol–water partition coefficient (Wildman–Crippen LogP) is 7.16. The van der Waals surface area contributed by atoms with Crippen molar-refractivity contribution in [3.63, 3.8) is 0 Å². The Balaban J connectivity index is 1.55. The molecule has 0 saturated carbocycles. The van der Waals surface area contributed by atoms with E-state index in [-0.39, 0.29) is 22.4 Å². The van der Waals surface area contributed by atoms with Gasteiger partial charge < -0.3 is 30.2 Å². The van der Waals surface area contributed by atoms with Crippen molar-refractivity contribution >= 4 is 70.1 Å². The van der Waals surface area contributed by atoms with Gasteiger partial charge in [0.05, 0.1) is 42.8 Å². The monoisotopic (exact) mass is 665 g/mol. The molecule has 0 unspecified atom stereocenters. The van der Waals surface area contributed by atoms with Gasteiger partial charge in [-0.05, 0) is 54.6 Å². The highest BCUT2D eigenvalue weighted by Crippen LogP contribution is 2.36. The number of benzene rings is 4. The first-order valence-corrected chi connectivity index (χ1v) is 15.1. The van der Waals surface area contributed by atoms with Crippen LogP contribution in [0.1, 0.15) is 15.9 Å². The lowest BCUT2D eigenvalue weighted by Crippen LogP contribution is -2.30. The number of hydrogen-bond donors (Lipinski definition) is 3. The van der Waals surface area contributed by atoms with Crippen LogP contribution < -0.4 is 30.2 Å². The highest BCUT2D eigenvalue weighted by molar-refractivity contribution is 8.00. The van der Waals surface area contributed by atoms with Crippen LogP contribution in [0.4, 0.5) is 11.4 Å². The minimum absolute atomic E-state index is 0.0507. The van der Waals surface area contributed by atoms with Gasteiger partial charge in [-0.15, -0.1) is 11.8 Å². The van der Waals surface area contributed by atoms with Crippen LogP contribution in [0.25, 0.3) is 6.08 Å². The molecule has 4 aromatic carbocycles. The van der Waals surface area contributed by atoms with Gasteiger partial charge in [0.25, 0.3) is 11.8 Å². The molecule has 0 aliphatic heterocycles. The number of carbonyl (C=O) groups is 3. The first-order valence-electron chi connectivity index (χ1n) is 13.4. The molecule has 4 rings (SSSR count). The van der Waals surface area contributed by atoms with Crippen molar-refractivity contribution in [3.8, 4) is 17.2 Å². The molecule has 0 aromatic heterocycles. The van der Waals surface area contributed by atoms with Crippen molar-refractivity contribution < 1.29 is 28.6 Å². The Kier molecular flexibility index (Phi) is 11.7. The highest BCUT2D eigenvalue weighted by atomic mass is 35.5. The summed E-state index contributed by atoms with van der Waals surface area (Å²) in [5, 5.41) is 8.87. The number of nitrogens with one attached hydrogen (secondary N) is 3. The van der Waals surface area contributed by atoms with Crippen molar-refractivity contribution in [1.29, 1.82) is 0 Å². The molecule has 0 saturated heterocycles. The van der Waals surface area contributed by atoms with Gasteiger partial charge in [-0.25, -0.2) is 0 Å². The summed E-state index contributed by atoms with van der Waals surface area (Å²) in [5.41, 5.74) is 1.64. The predicted molar refractivity (Wildman–Crippen MR) is 179 cm³/mol. The zero-order chi connectivity index (χ0) is 32.3. The molecule has 0 aliphatic carbocycles. The molecule has 45 heavy (non-hydrogen) atoms. The van der Waals surface area contributed by atoms with Crippen molar-refractivity contribution in [2.75, 3.05) is 37.7 Å². The third-order valence-corrected chi connectivity index (χ3v) is 8.06. The third kappa shape index (κ3) is 8.95. The molecule has 0 spiro atoms. The maximum Gasteiger partial charge on any atom is 0.272 e. The van der Waals surface area contributed by atoms with Crippen LogP contribution in [-0.2, 0) is 9.59 Å². The molecule has 4 aromatic rings. The standard InChI is InChI=1S/C33H29Cl2N3O6S/c1-42-27-18-29(44-3)28(43-2)16-21(27)15-26(38-32(40)20-9-5-4-6-10-20)33(41)36-22-11-7-12-23(17-22)45-19-30(39)37-25-14-8-13-24(34)31(25)35/h4-18H,19H2,1-3H3,(H,36,41)(H,37,39)(H,38,40)/b26-15+. The summed E-state index contributed by atoms with van der Waals surface area (Å²) >= 11 is 13.5. The van der Waals surface area contributed by atoms with Gasteiger partial charge in [0.1, 0.15) is 11.4 Å². The lowest BCUT2D eigenvalue weighted by atomic mass is 10.1. The number of anilines is 2. The van der Waals surface area contributed by atoms with Crippen LogP contribution in [0.3, 0.4) is 0 Å². The molecule has 232 valence electrons. The number of thioether (sulfide) groups is 1. The molecule has 0 radical (unpaired) electrons. The van der Waals surface area contributed by atoms with E-state index in [2.05, 4.69) is 16.0 Å². The molecule has 12 heteroatoms. The van der Waals surface area contributed by atoms with E-state index in [1.807, 2.05) is 6.07 Å². The number of amides is 3. The quantitative estimate of drug-likeness (QED) is 0.109. The molecule has 0 aliphatic rings. The van der Waals surface area contributed by atoms with Crippen LogP contribution in [0.5, 0.6) is 17.2 Å². The molecule has 9 nitrogen and oxygen atoms in total. The summed E-state index contributed by atoms with van der Waals surface area (Å²) in [6, 6.07) is 23.7. The summed E-state index contributed by atoms with van der Waals surface area (Å²) in [6.07, 6.45) is 1.49. The number of halogens is 2. The maximum absolute atomic E-state index is 13.6. The topological polar surface area (TPSA) is 115 Å². The van der Waals surface area contributed by atoms with Gasteiger partial charge in [0, 0.05) is 27.8 Å². The van der Waals surface area contributed by atoms with Crippen LogP contribution in [0.15, 0.2) is 95.5 Å². The van der Waals surface area contributed by atoms with Crippen molar-refractivity contribution in [2.24, 2.45) is 0 Å². The van der Waals surface area contributed by atoms with Gasteiger partial charge in [-0.2, -0.15) is 0 Å². The highest BCUT2D eigenvalue weighted by Gasteiger charge is 2.18. The summed E-state index contributed by atoms with van der Waals surface area (Å²) in [5.74, 6) is -0.0378. The van der Waals surface area contributed by atoms with Crippen LogP contribution in [0, 0.1) is 0 Å². The number of carbonyl (C=O) groups excluding carboxylic acids is 3. The third-order valence-electron chi connectivity index (χ3n) is 6.25. The molecule has 0 heterocycles. The van der Waals surface area contributed by atoms with Crippen molar-refractivity contribution in [3.05, 3.63) is 112 Å². The Labute approximate surface area is 274 Å². The molecule has 0 atom stereocenters. The zero-order valence-electron chi connectivity index (χ0n) is 24.5. The normalized spacial score (nSPS) is 10.9. The van der Waals surface area contributed by atoms with Gasteiger partial charge in [0.15, 0.2) is 11.5 Å². The van der Waals surface area contributed by atoms with E-state index >= 15 is 0 Å². The molecule has 3 amide bonds.